The van der Waals surface area contributed by atoms with Crippen LogP contribution in [0.25, 0.3) is 0 Å². The molecule has 4 N–H and O–H groups in total. The minimum absolute atomic E-state index is 0.391. The number of halogens is 2. The van der Waals surface area contributed by atoms with Gasteiger partial charge in [-0.2, -0.15) is 0 Å². The van der Waals surface area contributed by atoms with Crippen molar-refractivity contribution in [2.45, 2.75) is 6.04 Å². The summed E-state index contributed by atoms with van der Waals surface area (Å²) in [5.74, 6) is -1.32. The smallest absolute Gasteiger partial charge is 0.328 e. The highest BCUT2D eigenvalue weighted by atomic mass is 79.9. The number of amides is 2. The summed E-state index contributed by atoms with van der Waals surface area (Å²) in [5.41, 5.74) is 0.391. The van der Waals surface area contributed by atoms with Crippen LogP contribution in [0, 0.1) is 0 Å². The van der Waals surface area contributed by atoms with Crippen LogP contribution < -0.4 is 10.6 Å². The summed E-state index contributed by atoms with van der Waals surface area (Å²) in [6, 6.07) is 2.66. The molecular formula is C10H10BrClN2O4. The van der Waals surface area contributed by atoms with Crippen LogP contribution in [0.3, 0.4) is 0 Å². The predicted octanol–water partition coefficient (Wildman–Crippen LogP) is 1.67. The summed E-state index contributed by atoms with van der Waals surface area (Å²) in [6.45, 7) is -0.695. The molecule has 1 aromatic rings. The summed E-state index contributed by atoms with van der Waals surface area (Å²) in [5, 5.41) is 22.3. The van der Waals surface area contributed by atoms with Crippen LogP contribution in [-0.2, 0) is 4.79 Å². The second-order valence-corrected chi connectivity index (χ2v) is 4.59. The van der Waals surface area contributed by atoms with Crippen molar-refractivity contribution < 1.29 is 19.8 Å². The van der Waals surface area contributed by atoms with Crippen LogP contribution in [0.4, 0.5) is 10.5 Å². The number of rotatable bonds is 4. The maximum absolute atomic E-state index is 11.5. The van der Waals surface area contributed by atoms with E-state index in [1.165, 1.54) is 6.07 Å². The Labute approximate surface area is 116 Å². The number of carbonyl (C=O) groups excluding carboxylic acids is 1. The quantitative estimate of drug-likeness (QED) is 0.671. The molecule has 0 radical (unpaired) electrons. The lowest BCUT2D eigenvalue weighted by Gasteiger charge is -2.13. The molecule has 0 fully saturated rings. The molecule has 0 saturated carbocycles. The van der Waals surface area contributed by atoms with E-state index in [1.807, 2.05) is 0 Å². The van der Waals surface area contributed by atoms with Crippen LogP contribution >= 0.6 is 27.5 Å². The molecule has 0 aliphatic carbocycles. The van der Waals surface area contributed by atoms with E-state index in [4.69, 9.17) is 21.8 Å². The maximum atomic E-state index is 11.5. The Hall–Kier alpha value is -1.31. The second kappa shape index (κ2) is 6.58. The summed E-state index contributed by atoms with van der Waals surface area (Å²) >= 11 is 8.96. The minimum atomic E-state index is -1.36. The Morgan fingerprint density at radius 3 is 2.67 bits per heavy atom. The van der Waals surface area contributed by atoms with Gasteiger partial charge in [0.25, 0.3) is 0 Å². The zero-order valence-corrected chi connectivity index (χ0v) is 11.3. The zero-order chi connectivity index (χ0) is 13.7. The first kappa shape index (κ1) is 14.7. The van der Waals surface area contributed by atoms with Crippen molar-refractivity contribution in [2.75, 3.05) is 11.9 Å². The predicted molar refractivity (Wildman–Crippen MR) is 69.8 cm³/mol. The van der Waals surface area contributed by atoms with Gasteiger partial charge in [0.1, 0.15) is 0 Å². The molecule has 0 spiro atoms. The maximum Gasteiger partial charge on any atom is 0.328 e. The van der Waals surface area contributed by atoms with Gasteiger partial charge in [0.15, 0.2) is 6.04 Å². The van der Waals surface area contributed by atoms with Gasteiger partial charge in [-0.1, -0.05) is 11.6 Å². The van der Waals surface area contributed by atoms with Crippen molar-refractivity contribution in [3.63, 3.8) is 0 Å². The molecule has 0 aliphatic heterocycles. The van der Waals surface area contributed by atoms with Crippen LogP contribution in [0.15, 0.2) is 22.7 Å². The number of aliphatic hydroxyl groups excluding tert-OH is 1. The molecule has 98 valence electrons. The largest absolute Gasteiger partial charge is 0.480 e. The highest BCUT2D eigenvalue weighted by Gasteiger charge is 2.18. The molecule has 1 atom stereocenters. The van der Waals surface area contributed by atoms with Crippen molar-refractivity contribution in [1.82, 2.24) is 5.32 Å². The van der Waals surface area contributed by atoms with E-state index in [0.29, 0.717) is 15.2 Å². The van der Waals surface area contributed by atoms with Gasteiger partial charge in [-0.05, 0) is 34.1 Å². The molecule has 6 nitrogen and oxygen atoms in total. The summed E-state index contributed by atoms with van der Waals surface area (Å²) in [4.78, 5) is 22.1. The van der Waals surface area contributed by atoms with E-state index in [2.05, 4.69) is 26.6 Å². The van der Waals surface area contributed by atoms with Gasteiger partial charge in [0.05, 0.1) is 12.3 Å². The fourth-order valence-electron chi connectivity index (χ4n) is 1.10. The number of hydrogen-bond acceptors (Lipinski definition) is 3. The van der Waals surface area contributed by atoms with Crippen LogP contribution in [0.2, 0.25) is 5.02 Å². The molecule has 8 heteroatoms. The number of benzene rings is 1. The van der Waals surface area contributed by atoms with Gasteiger partial charge in [0, 0.05) is 9.50 Å². The molecule has 0 aliphatic rings. The average molecular weight is 338 g/mol. The molecule has 0 saturated heterocycles. The van der Waals surface area contributed by atoms with E-state index < -0.39 is 24.6 Å². The zero-order valence-electron chi connectivity index (χ0n) is 8.98. The number of carbonyl (C=O) groups is 2. The number of aliphatic hydroxyl groups is 1. The standard InChI is InChI=1S/C10H10BrClN2O4/c11-6-2-1-5(12)3-7(6)13-10(18)14-8(4-15)9(16)17/h1-3,8,15H,4H2,(H,16,17)(H2,13,14,18). The average Bonchev–Trinajstić information content (AvgIpc) is 2.30. The molecule has 0 aromatic heterocycles. The number of nitrogens with one attached hydrogen (secondary N) is 2. The first-order chi connectivity index (χ1) is 8.43. The van der Waals surface area contributed by atoms with Crippen molar-refractivity contribution in [3.05, 3.63) is 27.7 Å². The van der Waals surface area contributed by atoms with Crippen molar-refractivity contribution in [2.24, 2.45) is 0 Å². The summed E-state index contributed by atoms with van der Waals surface area (Å²) in [7, 11) is 0. The Morgan fingerprint density at radius 1 is 1.44 bits per heavy atom. The highest BCUT2D eigenvalue weighted by Crippen LogP contribution is 2.25. The Kier molecular flexibility index (Phi) is 5.39. The summed E-state index contributed by atoms with van der Waals surface area (Å²) in [6.07, 6.45) is 0. The first-order valence-corrected chi connectivity index (χ1v) is 5.97. The fraction of sp³-hybridized carbons (Fsp3) is 0.200. The fourth-order valence-corrected chi connectivity index (χ4v) is 1.61. The molecule has 0 heterocycles. The third-order valence-corrected chi connectivity index (χ3v) is 2.89. The lowest BCUT2D eigenvalue weighted by atomic mass is 10.3. The summed E-state index contributed by atoms with van der Waals surface area (Å²) < 4.78 is 0.595. The Bertz CT molecular complexity index is 469. The molecule has 2 amide bonds. The monoisotopic (exact) mass is 336 g/mol. The van der Waals surface area contributed by atoms with Gasteiger partial charge in [-0.25, -0.2) is 9.59 Å². The van der Waals surface area contributed by atoms with E-state index in [1.54, 1.807) is 12.1 Å². The number of carboxylic acids is 1. The van der Waals surface area contributed by atoms with E-state index >= 15 is 0 Å². The molecule has 0 bridgehead atoms. The third-order valence-electron chi connectivity index (χ3n) is 1.96. The first-order valence-electron chi connectivity index (χ1n) is 4.80. The number of hydrogen-bond donors (Lipinski definition) is 4. The van der Waals surface area contributed by atoms with E-state index in [-0.39, 0.29) is 0 Å². The van der Waals surface area contributed by atoms with Gasteiger partial charge >= 0.3 is 12.0 Å². The van der Waals surface area contributed by atoms with E-state index in [9.17, 15) is 9.59 Å². The highest BCUT2D eigenvalue weighted by molar-refractivity contribution is 9.10. The van der Waals surface area contributed by atoms with Crippen LogP contribution in [-0.4, -0.2) is 34.9 Å². The van der Waals surface area contributed by atoms with Gasteiger partial charge in [-0.3, -0.25) is 0 Å². The van der Waals surface area contributed by atoms with Crippen molar-refractivity contribution in [3.8, 4) is 0 Å². The lowest BCUT2D eigenvalue weighted by molar-refractivity contribution is -0.140. The molecule has 1 rings (SSSR count). The Morgan fingerprint density at radius 2 is 2.11 bits per heavy atom. The third kappa shape index (κ3) is 4.17. The van der Waals surface area contributed by atoms with Crippen LogP contribution in [0.5, 0.6) is 0 Å². The number of aliphatic carboxylic acids is 1. The van der Waals surface area contributed by atoms with Gasteiger partial charge < -0.3 is 20.8 Å². The molecular weight excluding hydrogens is 327 g/mol. The van der Waals surface area contributed by atoms with Crippen molar-refractivity contribution in [1.29, 1.82) is 0 Å². The van der Waals surface area contributed by atoms with Gasteiger partial charge in [0.2, 0.25) is 0 Å². The normalized spacial score (nSPS) is 11.7. The number of carboxylic acid groups (broad SMARTS) is 1. The van der Waals surface area contributed by atoms with Crippen LogP contribution in [0.1, 0.15) is 0 Å². The molecule has 18 heavy (non-hydrogen) atoms. The minimum Gasteiger partial charge on any atom is -0.480 e. The Balaban J connectivity index is 2.70. The number of urea groups is 1. The second-order valence-electron chi connectivity index (χ2n) is 3.30. The lowest BCUT2D eigenvalue weighted by Crippen LogP contribution is -2.45. The topological polar surface area (TPSA) is 98.7 Å². The SMILES string of the molecule is O=C(Nc1cc(Cl)ccc1Br)NC(CO)C(=O)O. The van der Waals surface area contributed by atoms with E-state index in [0.717, 1.165) is 0 Å². The molecule has 1 aromatic carbocycles. The van der Waals surface area contributed by atoms with Gasteiger partial charge in [-0.15, -0.1) is 0 Å². The van der Waals surface area contributed by atoms with Crippen molar-refractivity contribution >= 4 is 45.2 Å². The number of anilines is 1. The molecule has 1 unspecified atom stereocenters.